The van der Waals surface area contributed by atoms with E-state index in [-0.39, 0.29) is 82.4 Å². The van der Waals surface area contributed by atoms with Gasteiger partial charge in [-0.3, -0.25) is 38.3 Å². The number of amides is 2. The third-order valence-electron chi connectivity index (χ3n) is 15.2. The van der Waals surface area contributed by atoms with Crippen LogP contribution in [-0.4, -0.2) is 105 Å². The Bertz CT molecular complexity index is 3010. The minimum absolute atomic E-state index is 0.0293. The number of nitrogens with zero attached hydrogens (tertiary/aromatic N) is 8. The number of anilines is 3. The number of sulfonamides is 1. The van der Waals surface area contributed by atoms with Gasteiger partial charge in [0.2, 0.25) is 27.8 Å². The highest BCUT2D eigenvalue weighted by Gasteiger charge is 2.53. The van der Waals surface area contributed by atoms with Gasteiger partial charge in [0.25, 0.3) is 12.0 Å². The van der Waals surface area contributed by atoms with Gasteiger partial charge in [0.15, 0.2) is 0 Å². The van der Waals surface area contributed by atoms with Crippen molar-refractivity contribution in [1.82, 2.24) is 38.2 Å². The lowest BCUT2D eigenvalue weighted by molar-refractivity contribution is -0.135. The Kier molecular flexibility index (Phi) is 12.0. The third kappa shape index (κ3) is 8.43. The van der Waals surface area contributed by atoms with Crippen LogP contribution in [0.25, 0.3) is 22.1 Å². The average molecular weight is 962 g/mol. The normalized spacial score (nSPS) is 21.9. The van der Waals surface area contributed by atoms with E-state index in [1.54, 1.807) is 53.6 Å². The van der Waals surface area contributed by atoms with Gasteiger partial charge in [0, 0.05) is 75.5 Å². The van der Waals surface area contributed by atoms with Crippen molar-refractivity contribution in [3.63, 3.8) is 0 Å². The molecule has 2 unspecified atom stereocenters. The smallest absolute Gasteiger partial charge is 0.329 e. The predicted octanol–water partition coefficient (Wildman–Crippen LogP) is 6.27. The summed E-state index contributed by atoms with van der Waals surface area (Å²) in [6.07, 6.45) is 6.99. The summed E-state index contributed by atoms with van der Waals surface area (Å²) in [7, 11) is -2.22. The van der Waals surface area contributed by atoms with E-state index >= 15 is 0 Å². The largest absolute Gasteiger partial charge is 0.370 e. The number of para-hydroxylation sites is 1. The Labute approximate surface area is 391 Å². The first-order valence-corrected chi connectivity index (χ1v) is 25.2. The Morgan fingerprint density at radius 2 is 1.72 bits per heavy atom. The molecule has 2 atom stereocenters. The maximum absolute atomic E-state index is 14.1. The molecule has 5 aliphatic rings. The summed E-state index contributed by atoms with van der Waals surface area (Å²) in [5.41, 5.74) is 3.47. The number of imidazole rings is 1. The number of benzene rings is 2. The number of carbonyl (C=O) groups excluding carboxylic acids is 2. The molecular weight excluding hydrogens is 906 g/mol. The minimum Gasteiger partial charge on any atom is -0.370 e. The lowest BCUT2D eigenvalue weighted by atomic mass is 9.94. The predicted molar refractivity (Wildman–Crippen MR) is 251 cm³/mol. The van der Waals surface area contributed by atoms with Crippen LogP contribution < -0.4 is 26.8 Å². The van der Waals surface area contributed by atoms with Crippen LogP contribution in [0, 0.1) is 18.3 Å². The van der Waals surface area contributed by atoms with Crippen LogP contribution in [0.4, 0.5) is 26.1 Å². The molecule has 6 heterocycles. The first-order chi connectivity index (χ1) is 32.1. The van der Waals surface area contributed by atoms with Crippen LogP contribution >= 0.6 is 11.6 Å². The molecule has 2 aromatic carbocycles. The third-order valence-corrected chi connectivity index (χ3v) is 17.4. The number of carbonyl (C=O) groups is 2. The highest BCUT2D eigenvalue weighted by molar-refractivity contribution is 7.89. The van der Waals surface area contributed by atoms with Crippen molar-refractivity contribution in [2.24, 2.45) is 18.4 Å². The number of hydrogen-bond acceptors (Lipinski definition) is 11. The first kappa shape index (κ1) is 45.5. The summed E-state index contributed by atoms with van der Waals surface area (Å²) in [5, 5.41) is 6.39. The molecule has 0 bridgehead atoms. The van der Waals surface area contributed by atoms with Gasteiger partial charge in [0.1, 0.15) is 16.7 Å². The number of aromatic nitrogens is 5. The lowest BCUT2D eigenvalue weighted by Gasteiger charge is -2.41. The highest BCUT2D eigenvalue weighted by atomic mass is 35.5. The molecule has 2 saturated carbocycles. The van der Waals surface area contributed by atoms with E-state index < -0.39 is 34.9 Å². The van der Waals surface area contributed by atoms with E-state index in [1.165, 1.54) is 8.87 Å². The number of halogens is 3. The molecule has 0 radical (unpaired) electrons. The van der Waals surface area contributed by atoms with E-state index in [4.69, 9.17) is 16.6 Å². The fourth-order valence-corrected chi connectivity index (χ4v) is 13.3. The number of alkyl halides is 2. The number of hydrogen-bond donors (Lipinski definition) is 2. The zero-order valence-corrected chi connectivity index (χ0v) is 39.2. The van der Waals surface area contributed by atoms with Crippen molar-refractivity contribution in [3.05, 3.63) is 80.1 Å². The first-order valence-electron chi connectivity index (χ1n) is 23.4. The van der Waals surface area contributed by atoms with Gasteiger partial charge in [-0.25, -0.2) is 27.0 Å². The van der Waals surface area contributed by atoms with Crippen LogP contribution in [0.15, 0.2) is 63.1 Å². The zero-order chi connectivity index (χ0) is 46.9. The molecule has 3 saturated heterocycles. The van der Waals surface area contributed by atoms with Crippen molar-refractivity contribution in [3.8, 4) is 0 Å². The number of pyridine rings is 1. The van der Waals surface area contributed by atoms with E-state index in [9.17, 15) is 36.4 Å². The Hall–Kier alpha value is -5.24. The molecule has 5 aromatic rings. The molecule has 16 nitrogen and oxygen atoms in total. The average Bonchev–Trinajstić information content (AvgIpc) is 3.91. The zero-order valence-electron chi connectivity index (χ0n) is 37.6. The number of piperidine rings is 3. The van der Waals surface area contributed by atoms with Crippen molar-refractivity contribution in [1.29, 1.82) is 0 Å². The van der Waals surface area contributed by atoms with Crippen LogP contribution in [0.1, 0.15) is 88.3 Å². The van der Waals surface area contributed by atoms with Crippen molar-refractivity contribution < 1.29 is 26.8 Å². The molecule has 356 valence electrons. The van der Waals surface area contributed by atoms with Crippen LogP contribution in [0.3, 0.4) is 0 Å². The van der Waals surface area contributed by atoms with Crippen molar-refractivity contribution in [2.45, 2.75) is 107 Å². The van der Waals surface area contributed by atoms with Gasteiger partial charge in [-0.1, -0.05) is 24.1 Å². The van der Waals surface area contributed by atoms with E-state index in [0.717, 1.165) is 50.6 Å². The molecule has 3 aromatic heterocycles. The Morgan fingerprint density at radius 1 is 0.955 bits per heavy atom. The monoisotopic (exact) mass is 960 g/mol. The van der Waals surface area contributed by atoms with Crippen LogP contribution in [0.5, 0.6) is 0 Å². The van der Waals surface area contributed by atoms with Gasteiger partial charge >= 0.3 is 5.69 Å². The molecular formula is C47H55ClF2N10O6S. The van der Waals surface area contributed by atoms with E-state index in [2.05, 4.69) is 20.5 Å². The molecule has 10 rings (SSSR count). The number of nitrogens with one attached hydrogen (secondary N) is 2. The SMILES string of the molecule is Cc1cc(S(=O)(=O)N2CCC(N(CC(F)F)CC3CCN(c4cccc5c4n(C)c(=O)n5C4CCC(=O)NC4=O)CC3)CC2)ccc1Nc1ncc2cc(Cl)c(=O)n(C3CCCC34CC4)c2n1. The molecule has 67 heavy (non-hydrogen) atoms. The Balaban J connectivity index is 0.778. The van der Waals surface area contributed by atoms with Crippen LogP contribution in [0.2, 0.25) is 5.02 Å². The summed E-state index contributed by atoms with van der Waals surface area (Å²) in [4.78, 5) is 65.0. The highest BCUT2D eigenvalue weighted by Crippen LogP contribution is 2.63. The van der Waals surface area contributed by atoms with Gasteiger partial charge in [0.05, 0.1) is 28.2 Å². The lowest BCUT2D eigenvalue weighted by Crippen LogP contribution is -2.50. The second-order valence-electron chi connectivity index (χ2n) is 19.2. The topological polar surface area (TPSA) is 177 Å². The van der Waals surface area contributed by atoms with Gasteiger partial charge < -0.3 is 10.2 Å². The fraction of sp³-hybridized carbons (Fsp3) is 0.532. The molecule has 3 aliphatic heterocycles. The standard InChI is InChI=1S/C47H55ClF2N10O6S/c1-28-23-32(8-9-34(28)52-45-51-25-30-24-33(48)44(63)60(42(30)54-45)38-7-4-16-47(38)17-18-47)67(65,66)58-21-14-31(15-22-58)57(27-39(49)50)26-29-12-19-56(20-13-29)35-5-3-6-36-41(35)55(2)46(64)59(36)37-10-11-40(61)53-43(37)62/h3,5-6,8-9,23-25,29,31,37-39H,4,7,10-22,26-27H2,1-2H3,(H,51,52,54)(H,53,61,62). The molecule has 2 amide bonds. The maximum atomic E-state index is 14.1. The molecule has 2 N–H and O–H groups in total. The second-order valence-corrected chi connectivity index (χ2v) is 21.6. The minimum atomic E-state index is -3.90. The number of imide groups is 1. The number of fused-ring (bicyclic) bond motifs is 2. The molecule has 2 aliphatic carbocycles. The van der Waals surface area contributed by atoms with E-state index in [1.807, 2.05) is 23.1 Å². The summed E-state index contributed by atoms with van der Waals surface area (Å²) in [5.74, 6) is -0.440. The summed E-state index contributed by atoms with van der Waals surface area (Å²) in [6.45, 7) is 3.55. The summed E-state index contributed by atoms with van der Waals surface area (Å²) >= 11 is 6.41. The van der Waals surface area contributed by atoms with Gasteiger partial charge in [-0.2, -0.15) is 9.29 Å². The molecule has 20 heteroatoms. The summed E-state index contributed by atoms with van der Waals surface area (Å²) < 4.78 is 62.5. The quantitative estimate of drug-likeness (QED) is 0.135. The maximum Gasteiger partial charge on any atom is 0.329 e. The Morgan fingerprint density at radius 3 is 2.42 bits per heavy atom. The van der Waals surface area contributed by atoms with Crippen LogP contribution in [-0.2, 0) is 26.7 Å². The van der Waals surface area contributed by atoms with Gasteiger partial charge in [-0.05, 0) is 118 Å². The van der Waals surface area contributed by atoms with Crippen molar-refractivity contribution >= 4 is 72.8 Å². The van der Waals surface area contributed by atoms with Crippen molar-refractivity contribution in [2.75, 3.05) is 49.5 Å². The van der Waals surface area contributed by atoms with E-state index in [0.29, 0.717) is 65.8 Å². The fourth-order valence-electron chi connectivity index (χ4n) is 11.5. The number of aryl methyl sites for hydroxylation is 2. The molecule has 5 fully saturated rings. The summed E-state index contributed by atoms with van der Waals surface area (Å²) in [6, 6.07) is 11.1. The van der Waals surface area contributed by atoms with Gasteiger partial charge in [-0.15, -0.1) is 0 Å². The number of rotatable bonds is 12. The second kappa shape index (κ2) is 17.7. The molecule has 1 spiro atoms.